The molecule has 1 fully saturated rings. The summed E-state index contributed by atoms with van der Waals surface area (Å²) in [5, 5.41) is 0. The third-order valence-electron chi connectivity index (χ3n) is 8.91. The summed E-state index contributed by atoms with van der Waals surface area (Å²) in [6.45, 7) is 7.02. The number of aryl methyl sites for hydroxylation is 1. The van der Waals surface area contributed by atoms with Crippen molar-refractivity contribution in [3.63, 3.8) is 0 Å². The topological polar surface area (TPSA) is 72.0 Å². The predicted molar refractivity (Wildman–Crippen MR) is 170 cm³/mol. The fourth-order valence-electron chi connectivity index (χ4n) is 6.10. The Balaban J connectivity index is 1.76. The first-order valence-corrected chi connectivity index (χ1v) is 15.6. The van der Waals surface area contributed by atoms with E-state index < -0.39 is 46.2 Å². The molecule has 2 unspecified atom stereocenters. The summed E-state index contributed by atoms with van der Waals surface area (Å²) in [6.07, 6.45) is -8.37. The van der Waals surface area contributed by atoms with Gasteiger partial charge in [0, 0.05) is 32.8 Å². The molecule has 1 saturated heterocycles. The van der Waals surface area contributed by atoms with E-state index in [4.69, 9.17) is 9.47 Å². The van der Waals surface area contributed by atoms with Gasteiger partial charge >= 0.3 is 18.3 Å². The molecule has 0 N–H and O–H groups in total. The minimum Gasteiger partial charge on any atom is -0.466 e. The average Bonchev–Trinajstić information content (AvgIpc) is 3.03. The molecule has 1 aromatic heterocycles. The van der Waals surface area contributed by atoms with Crippen molar-refractivity contribution in [1.82, 2.24) is 4.98 Å². The molecule has 0 radical (unpaired) electrons. The van der Waals surface area contributed by atoms with Crippen LogP contribution in [0.4, 0.5) is 42.2 Å². The highest BCUT2D eigenvalue weighted by atomic mass is 19.4. The maximum absolute atomic E-state index is 14.2. The zero-order chi connectivity index (χ0) is 36.5. The van der Waals surface area contributed by atoms with Crippen LogP contribution in [-0.4, -0.2) is 56.8 Å². The maximum Gasteiger partial charge on any atom is 0.416 e. The number of piperidine rings is 1. The quantitative estimate of drug-likeness (QED) is 0.167. The van der Waals surface area contributed by atoms with Gasteiger partial charge in [-0.15, -0.1) is 0 Å². The van der Waals surface area contributed by atoms with E-state index in [-0.39, 0.29) is 42.8 Å². The SMILES string of the molecule is CCOC(=O)CC1CCN(c2cc(-c3ccc(F)cc3C)c(N(C)C(=O)C(C)(C)c3cc(C(F)(F)F)cc(C(F)(F)F)c3)cn2)CC1OC. The van der Waals surface area contributed by atoms with E-state index in [2.05, 4.69) is 4.98 Å². The lowest BCUT2D eigenvalue weighted by Crippen LogP contribution is -2.46. The van der Waals surface area contributed by atoms with E-state index in [1.54, 1.807) is 27.0 Å². The highest BCUT2D eigenvalue weighted by Gasteiger charge is 2.41. The monoisotopic (exact) mass is 697 g/mol. The molecule has 0 saturated carbocycles. The number of pyridine rings is 1. The van der Waals surface area contributed by atoms with E-state index in [1.165, 1.54) is 45.3 Å². The number of benzene rings is 2. The van der Waals surface area contributed by atoms with Gasteiger partial charge in [0.25, 0.3) is 0 Å². The number of amides is 1. The van der Waals surface area contributed by atoms with Crippen LogP contribution < -0.4 is 9.80 Å². The van der Waals surface area contributed by atoms with Crippen LogP contribution in [0.3, 0.4) is 0 Å². The number of anilines is 2. The number of nitrogens with zero attached hydrogens (tertiary/aromatic N) is 3. The minimum absolute atomic E-state index is 0.0135. The molecule has 4 rings (SSSR count). The van der Waals surface area contributed by atoms with Crippen LogP contribution in [0.15, 0.2) is 48.7 Å². The lowest BCUT2D eigenvalue weighted by atomic mass is 9.81. The summed E-state index contributed by atoms with van der Waals surface area (Å²) >= 11 is 0. The molecule has 0 spiro atoms. The number of hydrogen-bond donors (Lipinski definition) is 0. The van der Waals surface area contributed by atoms with E-state index in [0.29, 0.717) is 54.2 Å². The molecule has 14 heteroatoms. The molecule has 2 heterocycles. The second kappa shape index (κ2) is 14.3. The number of halogens is 7. The van der Waals surface area contributed by atoms with E-state index in [9.17, 15) is 40.3 Å². The van der Waals surface area contributed by atoms with Gasteiger partial charge in [-0.3, -0.25) is 9.59 Å². The van der Waals surface area contributed by atoms with Crippen molar-refractivity contribution in [1.29, 1.82) is 0 Å². The smallest absolute Gasteiger partial charge is 0.416 e. The Morgan fingerprint density at radius 2 is 1.57 bits per heavy atom. The lowest BCUT2D eigenvalue weighted by Gasteiger charge is -2.38. The Hall–Kier alpha value is -4.20. The third-order valence-corrected chi connectivity index (χ3v) is 8.91. The number of alkyl halides is 6. The maximum atomic E-state index is 14.2. The van der Waals surface area contributed by atoms with Crippen molar-refractivity contribution in [2.45, 2.75) is 64.4 Å². The Kier molecular flexibility index (Phi) is 11.0. The molecule has 0 bridgehead atoms. The number of rotatable bonds is 9. The van der Waals surface area contributed by atoms with Gasteiger partial charge in [-0.05, 0) is 93.1 Å². The molecular formula is C35H38F7N3O4. The molecule has 3 aromatic rings. The number of esters is 1. The highest BCUT2D eigenvalue weighted by Crippen LogP contribution is 2.41. The van der Waals surface area contributed by atoms with Gasteiger partial charge in [0.15, 0.2) is 0 Å². The molecule has 266 valence electrons. The second-order valence-corrected chi connectivity index (χ2v) is 12.6. The molecule has 2 atom stereocenters. The zero-order valence-corrected chi connectivity index (χ0v) is 27.9. The molecule has 1 aliphatic heterocycles. The molecule has 1 amide bonds. The normalized spacial score (nSPS) is 17.2. The van der Waals surface area contributed by atoms with E-state index in [1.807, 2.05) is 4.90 Å². The number of hydrogen-bond acceptors (Lipinski definition) is 6. The molecule has 1 aliphatic rings. The van der Waals surface area contributed by atoms with Crippen molar-refractivity contribution >= 4 is 23.4 Å². The van der Waals surface area contributed by atoms with Crippen LogP contribution >= 0.6 is 0 Å². The average molecular weight is 698 g/mol. The Bertz CT molecular complexity index is 1660. The predicted octanol–water partition coefficient (Wildman–Crippen LogP) is 7.97. The molecule has 7 nitrogen and oxygen atoms in total. The number of ether oxygens (including phenoxy) is 2. The van der Waals surface area contributed by atoms with Crippen LogP contribution in [0.2, 0.25) is 0 Å². The number of methoxy groups -OCH3 is 1. The molecule has 2 aromatic carbocycles. The Morgan fingerprint density at radius 1 is 0.959 bits per heavy atom. The fourth-order valence-corrected chi connectivity index (χ4v) is 6.10. The van der Waals surface area contributed by atoms with Crippen LogP contribution in [0.5, 0.6) is 0 Å². The fraction of sp³-hybridized carbons (Fsp3) is 0.457. The Morgan fingerprint density at radius 3 is 2.12 bits per heavy atom. The van der Waals surface area contributed by atoms with Gasteiger partial charge in [0.2, 0.25) is 5.91 Å². The summed E-state index contributed by atoms with van der Waals surface area (Å²) < 4.78 is 107. The summed E-state index contributed by atoms with van der Waals surface area (Å²) in [4.78, 5) is 33.9. The summed E-state index contributed by atoms with van der Waals surface area (Å²) in [5.74, 6) is -1.26. The van der Waals surface area contributed by atoms with Crippen LogP contribution in [0, 0.1) is 18.7 Å². The van der Waals surface area contributed by atoms with Crippen LogP contribution in [0.1, 0.15) is 55.9 Å². The third kappa shape index (κ3) is 8.34. The van der Waals surface area contributed by atoms with Crippen molar-refractivity contribution in [2.75, 3.05) is 43.7 Å². The van der Waals surface area contributed by atoms with Gasteiger partial charge in [-0.2, -0.15) is 26.3 Å². The second-order valence-electron chi connectivity index (χ2n) is 12.6. The summed E-state index contributed by atoms with van der Waals surface area (Å²) in [6, 6.07) is 6.85. The van der Waals surface area contributed by atoms with Crippen LogP contribution in [-0.2, 0) is 36.8 Å². The van der Waals surface area contributed by atoms with Gasteiger partial charge in [0.05, 0.1) is 47.6 Å². The first kappa shape index (κ1) is 37.6. The largest absolute Gasteiger partial charge is 0.466 e. The highest BCUT2D eigenvalue weighted by molar-refractivity contribution is 6.03. The number of carbonyl (C=O) groups is 2. The van der Waals surface area contributed by atoms with Crippen molar-refractivity contribution < 1.29 is 49.8 Å². The van der Waals surface area contributed by atoms with Gasteiger partial charge in [-0.1, -0.05) is 6.07 Å². The molecule has 49 heavy (non-hydrogen) atoms. The zero-order valence-electron chi connectivity index (χ0n) is 27.9. The van der Waals surface area contributed by atoms with Crippen molar-refractivity contribution in [3.05, 3.63) is 76.7 Å². The lowest BCUT2D eigenvalue weighted by molar-refractivity contribution is -0.146. The number of likely N-dealkylation sites (N-methyl/N-ethyl adjacent to an activating group) is 1. The minimum atomic E-state index is -5.09. The standard InChI is InChI=1S/C35H38F7N3O4/c1-7-49-31(46)13-21-10-11-45(19-29(21)48-6)30-17-27(26-9-8-25(36)12-20(26)2)28(18-43-30)44(5)32(47)33(3,4)22-14-23(34(37,38)39)16-24(15-22)35(40,41)42/h8-9,12,14-18,21,29H,7,10-11,13,19H2,1-6H3. The van der Waals surface area contributed by atoms with Crippen molar-refractivity contribution in [3.8, 4) is 11.1 Å². The van der Waals surface area contributed by atoms with Gasteiger partial charge in [0.1, 0.15) is 11.6 Å². The summed E-state index contributed by atoms with van der Waals surface area (Å²) in [5.41, 5.74) is -3.75. The van der Waals surface area contributed by atoms with Crippen LogP contribution in [0.25, 0.3) is 11.1 Å². The molecule has 0 aliphatic carbocycles. The van der Waals surface area contributed by atoms with Gasteiger partial charge < -0.3 is 19.3 Å². The summed E-state index contributed by atoms with van der Waals surface area (Å²) in [7, 11) is 2.89. The number of aromatic nitrogens is 1. The molecular weight excluding hydrogens is 659 g/mol. The first-order chi connectivity index (χ1) is 22.8. The van der Waals surface area contributed by atoms with Gasteiger partial charge in [-0.25, -0.2) is 9.37 Å². The number of carbonyl (C=O) groups excluding carboxylic acids is 2. The van der Waals surface area contributed by atoms with Crippen molar-refractivity contribution in [2.24, 2.45) is 5.92 Å². The first-order valence-electron chi connectivity index (χ1n) is 15.6. The Labute approximate surface area is 280 Å². The van der Waals surface area contributed by atoms with E-state index >= 15 is 0 Å². The van der Waals surface area contributed by atoms with E-state index in [0.717, 1.165) is 4.90 Å².